The number of nitrogens with zero attached hydrogens (tertiary/aromatic N) is 4. The minimum Gasteiger partial charge on any atom is -0.459 e. The van der Waals surface area contributed by atoms with Gasteiger partial charge in [0.05, 0.1) is 5.69 Å². The summed E-state index contributed by atoms with van der Waals surface area (Å²) in [5.74, 6) is 5.91. The van der Waals surface area contributed by atoms with Gasteiger partial charge in [0, 0.05) is 0 Å². The van der Waals surface area contributed by atoms with Crippen LogP contribution in [0.3, 0.4) is 0 Å². The Kier molecular flexibility index (Phi) is 5.79. The molecule has 3 aromatic rings. The SMILES string of the molecule is NCCCCCCc1nc(OCc2ccccc2)nc2c1ncn2N. The summed E-state index contributed by atoms with van der Waals surface area (Å²) in [5, 5.41) is 0. The standard InChI is InChI=1S/C18H24N6O/c19-11-7-2-1-6-10-15-16-17(24(20)13-21-16)23-18(22-15)25-12-14-8-4-3-5-9-14/h3-5,8-9,13H,1-2,6-7,10-12,19-20H2. The summed E-state index contributed by atoms with van der Waals surface area (Å²) in [4.78, 5) is 13.3. The maximum absolute atomic E-state index is 5.91. The first-order valence-corrected chi connectivity index (χ1v) is 8.64. The fraction of sp³-hybridized carbons (Fsp3) is 0.389. The van der Waals surface area contributed by atoms with E-state index in [0.29, 0.717) is 18.3 Å². The lowest BCUT2D eigenvalue weighted by atomic mass is 10.1. The summed E-state index contributed by atoms with van der Waals surface area (Å²) in [6.45, 7) is 1.16. The van der Waals surface area contributed by atoms with E-state index in [1.807, 2.05) is 30.3 Å². The van der Waals surface area contributed by atoms with E-state index in [9.17, 15) is 0 Å². The van der Waals surface area contributed by atoms with Gasteiger partial charge in [-0.1, -0.05) is 43.2 Å². The summed E-state index contributed by atoms with van der Waals surface area (Å²) < 4.78 is 7.18. The molecule has 0 fully saturated rings. The number of rotatable bonds is 9. The third-order valence-electron chi connectivity index (χ3n) is 4.05. The number of fused-ring (bicyclic) bond motifs is 1. The maximum atomic E-state index is 5.91. The summed E-state index contributed by atoms with van der Waals surface area (Å²) in [6, 6.07) is 10.3. The molecular formula is C18H24N6O. The van der Waals surface area contributed by atoms with E-state index in [1.165, 1.54) is 4.68 Å². The molecule has 1 aromatic carbocycles. The van der Waals surface area contributed by atoms with Crippen LogP contribution in [0.25, 0.3) is 11.2 Å². The van der Waals surface area contributed by atoms with Crippen molar-refractivity contribution in [1.29, 1.82) is 0 Å². The first-order chi connectivity index (χ1) is 12.3. The Morgan fingerprint density at radius 2 is 1.80 bits per heavy atom. The maximum Gasteiger partial charge on any atom is 0.319 e. The first kappa shape index (κ1) is 17.2. The number of ether oxygens (including phenoxy) is 1. The van der Waals surface area contributed by atoms with Gasteiger partial charge in [0.2, 0.25) is 0 Å². The van der Waals surface area contributed by atoms with Crippen LogP contribution in [0.5, 0.6) is 6.01 Å². The van der Waals surface area contributed by atoms with Crippen LogP contribution < -0.4 is 16.3 Å². The third kappa shape index (κ3) is 4.45. The van der Waals surface area contributed by atoms with Crippen LogP contribution in [0.15, 0.2) is 36.7 Å². The lowest BCUT2D eigenvalue weighted by molar-refractivity contribution is 0.280. The van der Waals surface area contributed by atoms with E-state index in [1.54, 1.807) is 6.33 Å². The second-order valence-electron chi connectivity index (χ2n) is 6.00. The molecule has 0 saturated heterocycles. The van der Waals surface area contributed by atoms with Gasteiger partial charge in [-0.25, -0.2) is 9.66 Å². The van der Waals surface area contributed by atoms with Crippen LogP contribution in [0.1, 0.15) is 36.9 Å². The number of hydrogen-bond acceptors (Lipinski definition) is 6. The Bertz CT molecular complexity index is 802. The molecule has 0 atom stereocenters. The third-order valence-corrected chi connectivity index (χ3v) is 4.05. The van der Waals surface area contributed by atoms with Crippen molar-refractivity contribution >= 4 is 11.2 Å². The molecule has 7 nitrogen and oxygen atoms in total. The number of unbranched alkanes of at least 4 members (excludes halogenated alkanes) is 3. The highest BCUT2D eigenvalue weighted by Crippen LogP contribution is 2.19. The van der Waals surface area contributed by atoms with Crippen molar-refractivity contribution in [2.45, 2.75) is 38.7 Å². The smallest absolute Gasteiger partial charge is 0.319 e. The van der Waals surface area contributed by atoms with Gasteiger partial charge in [-0.2, -0.15) is 9.97 Å². The minimum absolute atomic E-state index is 0.334. The van der Waals surface area contributed by atoms with Crippen LogP contribution in [0.2, 0.25) is 0 Å². The minimum atomic E-state index is 0.334. The summed E-state index contributed by atoms with van der Waals surface area (Å²) in [7, 11) is 0. The molecule has 25 heavy (non-hydrogen) atoms. The van der Waals surface area contributed by atoms with Gasteiger partial charge in [0.15, 0.2) is 5.65 Å². The van der Waals surface area contributed by atoms with E-state index < -0.39 is 0 Å². The van der Waals surface area contributed by atoms with Crippen LogP contribution >= 0.6 is 0 Å². The zero-order chi connectivity index (χ0) is 17.5. The Hall–Kier alpha value is -2.67. The van der Waals surface area contributed by atoms with Gasteiger partial charge in [-0.3, -0.25) is 0 Å². The topological polar surface area (TPSA) is 105 Å². The highest BCUT2D eigenvalue weighted by atomic mass is 16.5. The Labute approximate surface area is 147 Å². The van der Waals surface area contributed by atoms with Crippen LogP contribution in [-0.2, 0) is 13.0 Å². The fourth-order valence-electron chi connectivity index (χ4n) is 2.70. The molecule has 0 aliphatic rings. The molecule has 3 rings (SSSR count). The Morgan fingerprint density at radius 3 is 2.60 bits per heavy atom. The van der Waals surface area contributed by atoms with Crippen molar-refractivity contribution in [2.24, 2.45) is 5.73 Å². The summed E-state index contributed by atoms with van der Waals surface area (Å²) in [5.41, 5.74) is 8.82. The number of benzene rings is 1. The Morgan fingerprint density at radius 1 is 1.00 bits per heavy atom. The van der Waals surface area contributed by atoms with E-state index in [2.05, 4.69) is 15.0 Å². The molecule has 2 heterocycles. The second-order valence-corrected chi connectivity index (χ2v) is 6.00. The van der Waals surface area contributed by atoms with E-state index in [0.717, 1.165) is 55.4 Å². The molecule has 0 radical (unpaired) electrons. The van der Waals surface area contributed by atoms with E-state index in [4.69, 9.17) is 16.3 Å². The van der Waals surface area contributed by atoms with Crippen molar-refractivity contribution in [3.63, 3.8) is 0 Å². The van der Waals surface area contributed by atoms with Gasteiger partial charge in [-0.15, -0.1) is 0 Å². The number of imidazole rings is 1. The molecule has 0 aliphatic heterocycles. The van der Waals surface area contributed by atoms with Crippen molar-refractivity contribution in [3.8, 4) is 6.01 Å². The number of aryl methyl sites for hydroxylation is 1. The lowest BCUT2D eigenvalue weighted by Crippen LogP contribution is -2.09. The predicted molar refractivity (Wildman–Crippen MR) is 97.5 cm³/mol. The van der Waals surface area contributed by atoms with Crippen molar-refractivity contribution < 1.29 is 4.74 Å². The molecule has 0 bridgehead atoms. The fourth-order valence-corrected chi connectivity index (χ4v) is 2.70. The largest absolute Gasteiger partial charge is 0.459 e. The zero-order valence-electron chi connectivity index (χ0n) is 14.3. The molecular weight excluding hydrogens is 316 g/mol. The first-order valence-electron chi connectivity index (χ1n) is 8.64. The quantitative estimate of drug-likeness (QED) is 0.457. The molecule has 0 saturated carbocycles. The predicted octanol–water partition coefficient (Wildman–Crippen LogP) is 2.18. The number of hydrogen-bond donors (Lipinski definition) is 2. The average molecular weight is 340 g/mol. The Balaban J connectivity index is 1.73. The van der Waals surface area contributed by atoms with Crippen LogP contribution in [-0.4, -0.2) is 26.2 Å². The van der Waals surface area contributed by atoms with E-state index >= 15 is 0 Å². The zero-order valence-corrected chi connectivity index (χ0v) is 14.3. The summed E-state index contributed by atoms with van der Waals surface area (Å²) >= 11 is 0. The van der Waals surface area contributed by atoms with Crippen LogP contribution in [0.4, 0.5) is 0 Å². The second kappa shape index (κ2) is 8.43. The highest BCUT2D eigenvalue weighted by molar-refractivity contribution is 5.73. The van der Waals surface area contributed by atoms with E-state index in [-0.39, 0.29) is 0 Å². The molecule has 132 valence electrons. The monoisotopic (exact) mass is 340 g/mol. The lowest BCUT2D eigenvalue weighted by Gasteiger charge is -2.08. The van der Waals surface area contributed by atoms with Gasteiger partial charge in [-0.05, 0) is 31.4 Å². The number of nitrogens with two attached hydrogens (primary N) is 2. The van der Waals surface area contributed by atoms with Crippen LogP contribution in [0, 0.1) is 0 Å². The van der Waals surface area contributed by atoms with Crippen molar-refractivity contribution in [2.75, 3.05) is 12.4 Å². The van der Waals surface area contributed by atoms with Gasteiger partial charge in [0.25, 0.3) is 0 Å². The molecule has 0 aliphatic carbocycles. The van der Waals surface area contributed by atoms with Gasteiger partial charge in [0.1, 0.15) is 18.5 Å². The highest BCUT2D eigenvalue weighted by Gasteiger charge is 2.13. The van der Waals surface area contributed by atoms with Crippen molar-refractivity contribution in [3.05, 3.63) is 47.9 Å². The molecule has 0 spiro atoms. The molecule has 7 heteroatoms. The molecule has 0 unspecified atom stereocenters. The molecule has 2 aromatic heterocycles. The average Bonchev–Trinajstić information content (AvgIpc) is 3.02. The molecule has 0 amide bonds. The van der Waals surface area contributed by atoms with Crippen molar-refractivity contribution in [1.82, 2.24) is 19.6 Å². The summed E-state index contributed by atoms with van der Waals surface area (Å²) in [6.07, 6.45) is 6.71. The number of nitrogen functional groups attached to an aromatic ring is 1. The van der Waals surface area contributed by atoms with Gasteiger partial charge < -0.3 is 16.3 Å². The normalized spacial score (nSPS) is 11.1. The molecule has 4 N–H and O–H groups in total. The number of aromatic nitrogens is 4. The van der Waals surface area contributed by atoms with Gasteiger partial charge >= 0.3 is 6.01 Å².